The van der Waals surface area contributed by atoms with E-state index in [0.717, 1.165) is 31.4 Å². The molecule has 1 atom stereocenters. The van der Waals surface area contributed by atoms with Gasteiger partial charge < -0.3 is 4.74 Å². The number of nitrogens with zero attached hydrogens (tertiary/aromatic N) is 2. The number of hydrogen-bond acceptors (Lipinski definition) is 3. The summed E-state index contributed by atoms with van der Waals surface area (Å²) < 4.78 is 7.47. The second kappa shape index (κ2) is 5.59. The molecule has 2 heterocycles. The molecule has 1 aliphatic rings. The number of aromatic nitrogens is 2. The van der Waals surface area contributed by atoms with Crippen molar-refractivity contribution in [2.24, 2.45) is 0 Å². The number of rotatable bonds is 4. The maximum atomic E-state index is 11.2. The lowest BCUT2D eigenvalue weighted by Crippen LogP contribution is -2.04. The second-order valence-corrected chi connectivity index (χ2v) is 5.21. The molecule has 1 aromatic heterocycles. The molecule has 1 fully saturated rings. The number of carbonyl (C=O) groups excluding carboxylic acids is 1. The van der Waals surface area contributed by atoms with Crippen molar-refractivity contribution >= 4 is 6.29 Å². The van der Waals surface area contributed by atoms with Gasteiger partial charge >= 0.3 is 0 Å². The van der Waals surface area contributed by atoms with Crippen LogP contribution in [0.4, 0.5) is 0 Å². The lowest BCUT2D eigenvalue weighted by Gasteiger charge is -2.07. The molecular formula is C16H18N2O2. The zero-order valence-electron chi connectivity index (χ0n) is 11.6. The molecule has 1 unspecified atom stereocenters. The SMILES string of the molecule is Cc1ccccc1Cn1cc(C=O)c(C2CCCO2)n1. The lowest BCUT2D eigenvalue weighted by atomic mass is 10.1. The van der Waals surface area contributed by atoms with Crippen LogP contribution in [-0.2, 0) is 11.3 Å². The quantitative estimate of drug-likeness (QED) is 0.802. The third kappa shape index (κ3) is 2.51. The molecule has 4 heteroatoms. The van der Waals surface area contributed by atoms with Gasteiger partial charge in [-0.15, -0.1) is 0 Å². The van der Waals surface area contributed by atoms with Gasteiger partial charge in [-0.1, -0.05) is 24.3 Å². The Kier molecular flexibility index (Phi) is 3.65. The van der Waals surface area contributed by atoms with Gasteiger partial charge in [0, 0.05) is 12.8 Å². The van der Waals surface area contributed by atoms with Crippen molar-refractivity contribution in [3.63, 3.8) is 0 Å². The maximum absolute atomic E-state index is 11.2. The van der Waals surface area contributed by atoms with Crippen LogP contribution in [0.2, 0.25) is 0 Å². The zero-order chi connectivity index (χ0) is 13.9. The minimum Gasteiger partial charge on any atom is -0.372 e. The molecule has 0 saturated carbocycles. The van der Waals surface area contributed by atoms with Crippen LogP contribution in [0.1, 0.15) is 46.1 Å². The van der Waals surface area contributed by atoms with Crippen molar-refractivity contribution < 1.29 is 9.53 Å². The minimum atomic E-state index is -0.0201. The van der Waals surface area contributed by atoms with Crippen molar-refractivity contribution in [3.05, 3.63) is 52.8 Å². The summed E-state index contributed by atoms with van der Waals surface area (Å²) in [6, 6.07) is 8.22. The van der Waals surface area contributed by atoms with Gasteiger partial charge in [0.05, 0.1) is 12.1 Å². The van der Waals surface area contributed by atoms with E-state index in [9.17, 15) is 4.79 Å². The van der Waals surface area contributed by atoms with E-state index < -0.39 is 0 Å². The predicted octanol–water partition coefficient (Wildman–Crippen LogP) is 2.90. The van der Waals surface area contributed by atoms with Crippen LogP contribution in [0, 0.1) is 6.92 Å². The average molecular weight is 270 g/mol. The highest BCUT2D eigenvalue weighted by Crippen LogP contribution is 2.29. The minimum absolute atomic E-state index is 0.0201. The summed E-state index contributed by atoms with van der Waals surface area (Å²) in [6.07, 6.45) is 4.65. The van der Waals surface area contributed by atoms with Crippen LogP contribution in [0.3, 0.4) is 0 Å². The number of benzene rings is 1. The van der Waals surface area contributed by atoms with E-state index in [4.69, 9.17) is 4.74 Å². The largest absolute Gasteiger partial charge is 0.372 e. The van der Waals surface area contributed by atoms with Gasteiger partial charge in [0.25, 0.3) is 0 Å². The topological polar surface area (TPSA) is 44.1 Å². The summed E-state index contributed by atoms with van der Waals surface area (Å²) in [5.74, 6) is 0. The maximum Gasteiger partial charge on any atom is 0.153 e. The fourth-order valence-electron chi connectivity index (χ4n) is 2.63. The van der Waals surface area contributed by atoms with E-state index in [1.54, 1.807) is 0 Å². The number of ether oxygens (including phenoxy) is 1. The number of aldehydes is 1. The van der Waals surface area contributed by atoms with Gasteiger partial charge in [-0.05, 0) is 30.9 Å². The molecule has 0 aliphatic carbocycles. The summed E-state index contributed by atoms with van der Waals surface area (Å²) in [5, 5.41) is 4.56. The Labute approximate surface area is 118 Å². The van der Waals surface area contributed by atoms with Gasteiger partial charge in [0.15, 0.2) is 6.29 Å². The Hall–Kier alpha value is -1.94. The normalized spacial score (nSPS) is 18.4. The number of aryl methyl sites for hydroxylation is 1. The Balaban J connectivity index is 1.87. The molecule has 0 radical (unpaired) electrons. The third-order valence-corrected chi connectivity index (χ3v) is 3.78. The molecular weight excluding hydrogens is 252 g/mol. The summed E-state index contributed by atoms with van der Waals surface area (Å²) in [6.45, 7) is 3.52. The highest BCUT2D eigenvalue weighted by molar-refractivity contribution is 5.76. The number of carbonyl (C=O) groups is 1. The average Bonchev–Trinajstić information content (AvgIpc) is 3.09. The predicted molar refractivity (Wildman–Crippen MR) is 75.8 cm³/mol. The smallest absolute Gasteiger partial charge is 0.153 e. The van der Waals surface area contributed by atoms with Crippen LogP contribution in [0.25, 0.3) is 0 Å². The molecule has 0 amide bonds. The van der Waals surface area contributed by atoms with E-state index in [-0.39, 0.29) is 6.10 Å². The van der Waals surface area contributed by atoms with Gasteiger partial charge in [-0.25, -0.2) is 0 Å². The summed E-state index contributed by atoms with van der Waals surface area (Å²) >= 11 is 0. The third-order valence-electron chi connectivity index (χ3n) is 3.78. The Bertz CT molecular complexity index is 613. The van der Waals surface area contributed by atoms with Crippen molar-refractivity contribution in [1.82, 2.24) is 9.78 Å². The zero-order valence-corrected chi connectivity index (χ0v) is 11.6. The molecule has 0 bridgehead atoms. The van der Waals surface area contributed by atoms with Gasteiger partial charge in [-0.2, -0.15) is 5.10 Å². The summed E-state index contributed by atoms with van der Waals surface area (Å²) in [5.41, 5.74) is 3.87. The highest BCUT2D eigenvalue weighted by atomic mass is 16.5. The van der Waals surface area contributed by atoms with Crippen LogP contribution in [0.15, 0.2) is 30.5 Å². The molecule has 1 saturated heterocycles. The van der Waals surface area contributed by atoms with E-state index in [0.29, 0.717) is 12.1 Å². The van der Waals surface area contributed by atoms with Crippen LogP contribution >= 0.6 is 0 Å². The van der Waals surface area contributed by atoms with Crippen molar-refractivity contribution in [3.8, 4) is 0 Å². The second-order valence-electron chi connectivity index (χ2n) is 5.21. The first-order chi connectivity index (χ1) is 9.78. The van der Waals surface area contributed by atoms with E-state index >= 15 is 0 Å². The molecule has 1 aromatic carbocycles. The molecule has 104 valence electrons. The van der Waals surface area contributed by atoms with E-state index in [2.05, 4.69) is 24.2 Å². The first-order valence-electron chi connectivity index (χ1n) is 6.96. The molecule has 0 N–H and O–H groups in total. The Morgan fingerprint density at radius 1 is 1.45 bits per heavy atom. The van der Waals surface area contributed by atoms with Gasteiger partial charge in [0.2, 0.25) is 0 Å². The standard InChI is InChI=1S/C16H18N2O2/c1-12-5-2-3-6-13(12)9-18-10-14(11-19)16(17-18)15-7-4-8-20-15/h2-3,5-6,10-11,15H,4,7-9H2,1H3. The summed E-state index contributed by atoms with van der Waals surface area (Å²) in [7, 11) is 0. The lowest BCUT2D eigenvalue weighted by molar-refractivity contribution is 0.103. The molecule has 4 nitrogen and oxygen atoms in total. The fraction of sp³-hybridized carbons (Fsp3) is 0.375. The first kappa shape index (κ1) is 13.1. The van der Waals surface area contributed by atoms with E-state index in [1.165, 1.54) is 11.1 Å². The monoisotopic (exact) mass is 270 g/mol. The van der Waals surface area contributed by atoms with Crippen molar-refractivity contribution in [2.45, 2.75) is 32.4 Å². The van der Waals surface area contributed by atoms with Crippen LogP contribution in [0.5, 0.6) is 0 Å². The van der Waals surface area contributed by atoms with Gasteiger partial charge in [0.1, 0.15) is 11.8 Å². The number of hydrogen-bond donors (Lipinski definition) is 0. The first-order valence-corrected chi connectivity index (χ1v) is 6.96. The van der Waals surface area contributed by atoms with E-state index in [1.807, 2.05) is 23.0 Å². The molecule has 20 heavy (non-hydrogen) atoms. The van der Waals surface area contributed by atoms with Crippen LogP contribution in [-0.4, -0.2) is 22.7 Å². The fourth-order valence-corrected chi connectivity index (χ4v) is 2.63. The molecule has 3 rings (SSSR count). The highest BCUT2D eigenvalue weighted by Gasteiger charge is 2.24. The summed E-state index contributed by atoms with van der Waals surface area (Å²) in [4.78, 5) is 11.2. The molecule has 2 aromatic rings. The van der Waals surface area contributed by atoms with Crippen molar-refractivity contribution in [2.75, 3.05) is 6.61 Å². The molecule has 1 aliphatic heterocycles. The Morgan fingerprint density at radius 2 is 2.30 bits per heavy atom. The molecule has 0 spiro atoms. The van der Waals surface area contributed by atoms with Crippen molar-refractivity contribution in [1.29, 1.82) is 0 Å². The van der Waals surface area contributed by atoms with Crippen LogP contribution < -0.4 is 0 Å². The van der Waals surface area contributed by atoms with Gasteiger partial charge in [-0.3, -0.25) is 9.48 Å². The Morgan fingerprint density at radius 3 is 3.00 bits per heavy atom.